The number of hydrogen-bond acceptors (Lipinski definition) is 9. The van der Waals surface area contributed by atoms with E-state index in [0.717, 1.165) is 13.1 Å². The van der Waals surface area contributed by atoms with Crippen LogP contribution in [0.25, 0.3) is 6.08 Å². The number of esters is 1. The Bertz CT molecular complexity index is 1010. The van der Waals surface area contributed by atoms with Gasteiger partial charge in [0.15, 0.2) is 11.3 Å². The number of Topliss-reactive ketones (excluding diaryl/α,β-unsaturated/α-hetero) is 1. The summed E-state index contributed by atoms with van der Waals surface area (Å²) in [5.41, 5.74) is 1.07. The zero-order valence-corrected chi connectivity index (χ0v) is 17.0. The Kier molecular flexibility index (Phi) is 6.23. The number of nitrogens with zero attached hydrogens (tertiary/aromatic N) is 3. The molecule has 2 aromatic rings. The van der Waals surface area contributed by atoms with Crippen LogP contribution in [0.3, 0.4) is 0 Å². The smallest absolute Gasteiger partial charge is 0.347 e. The highest BCUT2D eigenvalue weighted by Crippen LogP contribution is 2.28. The number of hydrogen-bond donors (Lipinski definition) is 1. The standard InChI is InChI=1S/C22H22N4O5/c1-2-30-21(28)18-19(27)17(31-20(18)25-16-6-4-3-5-7-16)12-15-13-23-22(24-14-15)26-8-10-29-11-9-26/h3-7,12-14,25H,2,8-11H2,1H3/b17-12-. The second-order valence-electron chi connectivity index (χ2n) is 6.77. The largest absolute Gasteiger partial charge is 0.462 e. The van der Waals surface area contributed by atoms with Crippen LogP contribution in [0.5, 0.6) is 0 Å². The minimum absolute atomic E-state index is 0.00999. The van der Waals surface area contributed by atoms with E-state index in [1.807, 2.05) is 23.1 Å². The van der Waals surface area contributed by atoms with Gasteiger partial charge in [-0.3, -0.25) is 4.79 Å². The van der Waals surface area contributed by atoms with Gasteiger partial charge in [-0.2, -0.15) is 0 Å². The highest BCUT2D eigenvalue weighted by atomic mass is 16.5. The number of ether oxygens (including phenoxy) is 3. The van der Waals surface area contributed by atoms with Gasteiger partial charge in [0.1, 0.15) is 0 Å². The van der Waals surface area contributed by atoms with Gasteiger partial charge in [-0.25, -0.2) is 14.8 Å². The molecule has 3 heterocycles. The molecule has 0 atom stereocenters. The van der Waals surface area contributed by atoms with Crippen molar-refractivity contribution in [2.75, 3.05) is 43.1 Å². The van der Waals surface area contributed by atoms with Gasteiger partial charge in [0.25, 0.3) is 0 Å². The van der Waals surface area contributed by atoms with Crippen LogP contribution in [0, 0.1) is 0 Å². The summed E-state index contributed by atoms with van der Waals surface area (Å²) in [6.07, 6.45) is 4.71. The van der Waals surface area contributed by atoms with Gasteiger partial charge in [0, 0.05) is 36.7 Å². The number of allylic oxidation sites excluding steroid dienone is 1. The van der Waals surface area contributed by atoms with Gasteiger partial charge in [-0.05, 0) is 25.1 Å². The summed E-state index contributed by atoms with van der Waals surface area (Å²) in [5.74, 6) is -0.681. The van der Waals surface area contributed by atoms with Crippen molar-refractivity contribution in [1.82, 2.24) is 9.97 Å². The van der Waals surface area contributed by atoms with E-state index < -0.39 is 11.8 Å². The van der Waals surface area contributed by atoms with Crippen molar-refractivity contribution in [2.45, 2.75) is 6.92 Å². The molecular formula is C22H22N4O5. The highest BCUT2D eigenvalue weighted by Gasteiger charge is 2.37. The summed E-state index contributed by atoms with van der Waals surface area (Å²) in [5, 5.41) is 2.97. The summed E-state index contributed by atoms with van der Waals surface area (Å²) in [6, 6.07) is 9.10. The normalized spacial score (nSPS) is 17.6. The maximum Gasteiger partial charge on any atom is 0.347 e. The molecule has 1 N–H and O–H groups in total. The first-order chi connectivity index (χ1) is 15.2. The van der Waals surface area contributed by atoms with Crippen molar-refractivity contribution in [3.63, 3.8) is 0 Å². The fourth-order valence-electron chi connectivity index (χ4n) is 3.14. The fraction of sp³-hybridized carbons (Fsp3) is 0.273. The molecule has 0 aliphatic carbocycles. The number of anilines is 2. The molecular weight excluding hydrogens is 400 g/mol. The third-order valence-electron chi connectivity index (χ3n) is 4.65. The molecule has 4 rings (SSSR count). The Hall–Kier alpha value is -3.72. The van der Waals surface area contributed by atoms with Crippen LogP contribution in [-0.4, -0.2) is 54.6 Å². The number of benzene rings is 1. The van der Waals surface area contributed by atoms with E-state index >= 15 is 0 Å². The number of ketones is 1. The SMILES string of the molecule is CCOC(=O)C1=C(Nc2ccccc2)O/C(=C\c2cnc(N3CCOCC3)nc2)C1=O. The van der Waals surface area contributed by atoms with Crippen LogP contribution in [-0.2, 0) is 23.8 Å². The molecule has 0 unspecified atom stereocenters. The van der Waals surface area contributed by atoms with E-state index in [0.29, 0.717) is 30.4 Å². The van der Waals surface area contributed by atoms with Gasteiger partial charge in [0.05, 0.1) is 19.8 Å². The van der Waals surface area contributed by atoms with Crippen LogP contribution in [0.15, 0.2) is 59.9 Å². The number of rotatable bonds is 6. The van der Waals surface area contributed by atoms with Crippen molar-refractivity contribution >= 4 is 29.5 Å². The minimum Gasteiger partial charge on any atom is -0.462 e. The van der Waals surface area contributed by atoms with Crippen LogP contribution in [0.2, 0.25) is 0 Å². The Morgan fingerprint density at radius 1 is 1.19 bits per heavy atom. The maximum absolute atomic E-state index is 12.9. The van der Waals surface area contributed by atoms with E-state index in [4.69, 9.17) is 14.2 Å². The van der Waals surface area contributed by atoms with Crippen molar-refractivity contribution in [2.24, 2.45) is 0 Å². The van der Waals surface area contributed by atoms with E-state index in [2.05, 4.69) is 15.3 Å². The Balaban J connectivity index is 1.56. The zero-order valence-electron chi connectivity index (χ0n) is 17.0. The molecule has 9 heteroatoms. The minimum atomic E-state index is -0.742. The number of para-hydroxylation sites is 1. The number of carbonyl (C=O) groups is 2. The van der Waals surface area contributed by atoms with Crippen molar-refractivity contribution in [3.8, 4) is 0 Å². The van der Waals surface area contributed by atoms with Gasteiger partial charge >= 0.3 is 5.97 Å². The first kappa shape index (κ1) is 20.5. The van der Waals surface area contributed by atoms with Crippen molar-refractivity contribution < 1.29 is 23.8 Å². The Morgan fingerprint density at radius 2 is 1.90 bits per heavy atom. The molecule has 1 saturated heterocycles. The lowest BCUT2D eigenvalue weighted by Crippen LogP contribution is -2.37. The Morgan fingerprint density at radius 3 is 2.58 bits per heavy atom. The lowest BCUT2D eigenvalue weighted by atomic mass is 10.1. The van der Waals surface area contributed by atoms with Crippen LogP contribution >= 0.6 is 0 Å². The van der Waals surface area contributed by atoms with Crippen LogP contribution in [0.1, 0.15) is 12.5 Å². The molecule has 9 nitrogen and oxygen atoms in total. The molecule has 160 valence electrons. The lowest BCUT2D eigenvalue weighted by molar-refractivity contribution is -0.139. The van der Waals surface area contributed by atoms with E-state index in [1.54, 1.807) is 31.5 Å². The second-order valence-corrected chi connectivity index (χ2v) is 6.77. The van der Waals surface area contributed by atoms with E-state index in [-0.39, 0.29) is 23.8 Å². The average Bonchev–Trinajstić information content (AvgIpc) is 3.10. The quantitative estimate of drug-likeness (QED) is 0.426. The summed E-state index contributed by atoms with van der Waals surface area (Å²) >= 11 is 0. The van der Waals surface area contributed by atoms with Gasteiger partial charge < -0.3 is 24.4 Å². The molecule has 1 fully saturated rings. The molecule has 0 spiro atoms. The van der Waals surface area contributed by atoms with Gasteiger partial charge in [-0.1, -0.05) is 18.2 Å². The molecule has 1 aromatic heterocycles. The van der Waals surface area contributed by atoms with Gasteiger partial charge in [0.2, 0.25) is 17.6 Å². The van der Waals surface area contributed by atoms with E-state index in [9.17, 15) is 9.59 Å². The first-order valence-corrected chi connectivity index (χ1v) is 9.98. The third kappa shape index (κ3) is 4.72. The summed E-state index contributed by atoms with van der Waals surface area (Å²) < 4.78 is 16.1. The number of morpholine rings is 1. The first-order valence-electron chi connectivity index (χ1n) is 9.98. The molecule has 31 heavy (non-hydrogen) atoms. The highest BCUT2D eigenvalue weighted by molar-refractivity contribution is 6.26. The summed E-state index contributed by atoms with van der Waals surface area (Å²) in [6.45, 7) is 4.54. The van der Waals surface area contributed by atoms with Crippen molar-refractivity contribution in [1.29, 1.82) is 0 Å². The number of aromatic nitrogens is 2. The molecule has 0 radical (unpaired) electrons. The third-order valence-corrected chi connectivity index (χ3v) is 4.65. The molecule has 2 aliphatic rings. The van der Waals surface area contributed by atoms with Crippen LogP contribution in [0.4, 0.5) is 11.6 Å². The monoisotopic (exact) mass is 422 g/mol. The molecule has 1 aromatic carbocycles. The van der Waals surface area contributed by atoms with Gasteiger partial charge in [-0.15, -0.1) is 0 Å². The zero-order chi connectivity index (χ0) is 21.6. The number of nitrogens with one attached hydrogen (secondary N) is 1. The molecule has 0 saturated carbocycles. The molecule has 0 amide bonds. The average molecular weight is 422 g/mol. The summed E-state index contributed by atoms with van der Waals surface area (Å²) in [7, 11) is 0. The molecule has 0 bridgehead atoms. The summed E-state index contributed by atoms with van der Waals surface area (Å²) in [4.78, 5) is 36.0. The Labute approximate surface area is 179 Å². The number of carbonyl (C=O) groups excluding carboxylic acids is 2. The molecule has 2 aliphatic heterocycles. The van der Waals surface area contributed by atoms with Crippen molar-refractivity contribution in [3.05, 3.63) is 65.5 Å². The maximum atomic E-state index is 12.9. The lowest BCUT2D eigenvalue weighted by Gasteiger charge is -2.26. The second kappa shape index (κ2) is 9.40. The van der Waals surface area contributed by atoms with Crippen LogP contribution < -0.4 is 10.2 Å². The van der Waals surface area contributed by atoms with E-state index in [1.165, 1.54) is 6.08 Å². The predicted octanol–water partition coefficient (Wildman–Crippen LogP) is 2.14. The fourth-order valence-corrected chi connectivity index (χ4v) is 3.14. The topological polar surface area (TPSA) is 103 Å². The predicted molar refractivity (Wildman–Crippen MR) is 113 cm³/mol.